The van der Waals surface area contributed by atoms with E-state index in [1.807, 2.05) is 31.2 Å². The van der Waals surface area contributed by atoms with E-state index >= 15 is 0 Å². The van der Waals surface area contributed by atoms with Gasteiger partial charge < -0.3 is 15.0 Å². The molecule has 4 rings (SSSR count). The van der Waals surface area contributed by atoms with Crippen LogP contribution in [0.2, 0.25) is 0 Å². The van der Waals surface area contributed by atoms with Gasteiger partial charge in [-0.05, 0) is 48.2 Å². The number of nitrogens with zero attached hydrogens (tertiary/aromatic N) is 3. The molecule has 2 aromatic carbocycles. The van der Waals surface area contributed by atoms with Crippen molar-refractivity contribution in [1.82, 2.24) is 9.97 Å². The number of hydrogen-bond acceptors (Lipinski definition) is 5. The summed E-state index contributed by atoms with van der Waals surface area (Å²) in [4.78, 5) is 11.4. The van der Waals surface area contributed by atoms with Crippen LogP contribution >= 0.6 is 0 Å². The Labute approximate surface area is 153 Å². The van der Waals surface area contributed by atoms with E-state index in [2.05, 4.69) is 39.5 Å². The van der Waals surface area contributed by atoms with Gasteiger partial charge in [0, 0.05) is 19.3 Å². The normalized spacial score (nSPS) is 13.2. The lowest BCUT2D eigenvalue weighted by molar-refractivity contribution is 0.416. The minimum absolute atomic E-state index is 0.574. The molecule has 0 atom stereocenters. The number of ether oxygens (including phenoxy) is 1. The maximum atomic E-state index is 5.43. The molecule has 0 spiro atoms. The molecule has 5 heteroatoms. The van der Waals surface area contributed by atoms with Crippen molar-refractivity contribution in [3.63, 3.8) is 0 Å². The summed E-state index contributed by atoms with van der Waals surface area (Å²) in [6.45, 7) is 3.88. The van der Waals surface area contributed by atoms with Crippen LogP contribution in [0, 0.1) is 6.92 Å². The van der Waals surface area contributed by atoms with Gasteiger partial charge in [-0.1, -0.05) is 30.3 Å². The predicted molar refractivity (Wildman–Crippen MR) is 104 cm³/mol. The van der Waals surface area contributed by atoms with Gasteiger partial charge in [0.15, 0.2) is 0 Å². The summed E-state index contributed by atoms with van der Waals surface area (Å²) in [5.41, 5.74) is 4.82. The molecular weight excluding hydrogens is 324 g/mol. The number of benzene rings is 2. The van der Waals surface area contributed by atoms with Crippen molar-refractivity contribution >= 4 is 17.5 Å². The van der Waals surface area contributed by atoms with E-state index in [9.17, 15) is 0 Å². The molecule has 3 aromatic rings. The largest absolute Gasteiger partial charge is 0.495 e. The molecule has 5 nitrogen and oxygen atoms in total. The molecule has 26 heavy (non-hydrogen) atoms. The molecule has 0 aliphatic carbocycles. The molecule has 0 saturated carbocycles. The first-order chi connectivity index (χ1) is 12.7. The lowest BCUT2D eigenvalue weighted by Gasteiger charge is -2.29. The molecule has 132 valence electrons. The minimum Gasteiger partial charge on any atom is -0.495 e. The van der Waals surface area contributed by atoms with E-state index in [0.717, 1.165) is 42.3 Å². The van der Waals surface area contributed by atoms with Gasteiger partial charge in [0.05, 0.1) is 12.8 Å². The SMILES string of the molecule is COc1ccc(C)cc1Nc1nccc(N2CCc3ccccc3C2)n1. The van der Waals surface area contributed by atoms with Gasteiger partial charge in [-0.15, -0.1) is 0 Å². The number of rotatable bonds is 4. The fourth-order valence-electron chi connectivity index (χ4n) is 3.32. The first-order valence-electron chi connectivity index (χ1n) is 8.79. The van der Waals surface area contributed by atoms with Crippen molar-refractivity contribution in [3.8, 4) is 5.75 Å². The van der Waals surface area contributed by atoms with Gasteiger partial charge in [-0.3, -0.25) is 0 Å². The van der Waals surface area contributed by atoms with Crippen molar-refractivity contribution in [1.29, 1.82) is 0 Å². The summed E-state index contributed by atoms with van der Waals surface area (Å²) in [5.74, 6) is 2.28. The highest BCUT2D eigenvalue weighted by atomic mass is 16.5. The molecule has 0 radical (unpaired) electrons. The quantitative estimate of drug-likeness (QED) is 0.771. The highest BCUT2D eigenvalue weighted by Crippen LogP contribution is 2.28. The Balaban J connectivity index is 1.57. The number of aryl methyl sites for hydroxylation is 1. The average Bonchev–Trinajstić information content (AvgIpc) is 2.68. The summed E-state index contributed by atoms with van der Waals surface area (Å²) in [5, 5.41) is 3.29. The summed E-state index contributed by atoms with van der Waals surface area (Å²) in [7, 11) is 1.66. The number of hydrogen-bond donors (Lipinski definition) is 1. The number of fused-ring (bicyclic) bond motifs is 1. The van der Waals surface area contributed by atoms with Crippen LogP contribution < -0.4 is 15.0 Å². The molecule has 0 bridgehead atoms. The number of nitrogens with one attached hydrogen (secondary N) is 1. The van der Waals surface area contributed by atoms with Crippen LogP contribution in [0.4, 0.5) is 17.5 Å². The molecule has 0 unspecified atom stereocenters. The fourth-order valence-corrected chi connectivity index (χ4v) is 3.32. The minimum atomic E-state index is 0.574. The lowest BCUT2D eigenvalue weighted by Crippen LogP contribution is -2.31. The van der Waals surface area contributed by atoms with Crippen molar-refractivity contribution in [2.75, 3.05) is 23.9 Å². The number of anilines is 3. The highest BCUT2D eigenvalue weighted by molar-refractivity contribution is 5.64. The molecule has 0 fully saturated rings. The van der Waals surface area contributed by atoms with Gasteiger partial charge in [-0.25, -0.2) is 4.98 Å². The molecular formula is C21H22N4O. The Kier molecular flexibility index (Phi) is 4.44. The van der Waals surface area contributed by atoms with Crippen molar-refractivity contribution < 1.29 is 4.74 Å². The van der Waals surface area contributed by atoms with Crippen molar-refractivity contribution in [2.24, 2.45) is 0 Å². The Morgan fingerprint density at radius 3 is 2.77 bits per heavy atom. The first kappa shape index (κ1) is 16.4. The lowest BCUT2D eigenvalue weighted by atomic mass is 10.00. The Morgan fingerprint density at radius 1 is 1.08 bits per heavy atom. The second kappa shape index (κ2) is 7.04. The maximum Gasteiger partial charge on any atom is 0.229 e. The third kappa shape index (κ3) is 3.33. The van der Waals surface area contributed by atoms with Crippen molar-refractivity contribution in [2.45, 2.75) is 19.9 Å². The topological polar surface area (TPSA) is 50.3 Å². The molecule has 1 aliphatic rings. The van der Waals surface area contributed by atoms with E-state index < -0.39 is 0 Å². The number of methoxy groups -OCH3 is 1. The third-order valence-electron chi connectivity index (χ3n) is 4.70. The van der Waals surface area contributed by atoms with Gasteiger partial charge in [0.25, 0.3) is 0 Å². The molecule has 1 aromatic heterocycles. The summed E-state index contributed by atoms with van der Waals surface area (Å²) >= 11 is 0. The highest BCUT2D eigenvalue weighted by Gasteiger charge is 2.17. The fraction of sp³-hybridized carbons (Fsp3) is 0.238. The smallest absolute Gasteiger partial charge is 0.229 e. The Bertz CT molecular complexity index is 925. The zero-order chi connectivity index (χ0) is 17.9. The van der Waals surface area contributed by atoms with Crippen LogP contribution in [0.15, 0.2) is 54.7 Å². The molecule has 2 heterocycles. The van der Waals surface area contributed by atoms with Gasteiger partial charge in [-0.2, -0.15) is 4.98 Å². The standard InChI is InChI=1S/C21H22N4O/c1-15-7-8-19(26-2)18(13-15)23-21-22-11-9-20(24-21)25-12-10-16-5-3-4-6-17(16)14-25/h3-9,11,13H,10,12,14H2,1-2H3,(H,22,23,24). The van der Waals surface area contributed by atoms with E-state index in [-0.39, 0.29) is 0 Å². The molecule has 0 amide bonds. The van der Waals surface area contributed by atoms with Crippen LogP contribution in [-0.2, 0) is 13.0 Å². The third-order valence-corrected chi connectivity index (χ3v) is 4.70. The van der Waals surface area contributed by atoms with Gasteiger partial charge in [0.1, 0.15) is 11.6 Å². The van der Waals surface area contributed by atoms with Crippen LogP contribution in [0.1, 0.15) is 16.7 Å². The first-order valence-corrected chi connectivity index (χ1v) is 8.79. The maximum absolute atomic E-state index is 5.43. The second-order valence-corrected chi connectivity index (χ2v) is 6.51. The summed E-state index contributed by atoms with van der Waals surface area (Å²) < 4.78 is 5.43. The number of aromatic nitrogens is 2. The van der Waals surface area contributed by atoms with Gasteiger partial charge in [0.2, 0.25) is 5.95 Å². The van der Waals surface area contributed by atoms with E-state index in [0.29, 0.717) is 5.95 Å². The van der Waals surface area contributed by atoms with E-state index in [1.54, 1.807) is 13.3 Å². The van der Waals surface area contributed by atoms with Crippen molar-refractivity contribution in [3.05, 3.63) is 71.4 Å². The van der Waals surface area contributed by atoms with Gasteiger partial charge >= 0.3 is 0 Å². The predicted octanol–water partition coefficient (Wildman–Crippen LogP) is 4.10. The molecule has 0 saturated heterocycles. The summed E-state index contributed by atoms with van der Waals surface area (Å²) in [6.07, 6.45) is 2.84. The molecule has 1 aliphatic heterocycles. The van der Waals surface area contributed by atoms with Crippen LogP contribution in [0.25, 0.3) is 0 Å². The zero-order valence-corrected chi connectivity index (χ0v) is 15.1. The molecule has 1 N–H and O–H groups in total. The average molecular weight is 346 g/mol. The Hall–Kier alpha value is -3.08. The zero-order valence-electron chi connectivity index (χ0n) is 15.1. The second-order valence-electron chi connectivity index (χ2n) is 6.51. The summed E-state index contributed by atoms with van der Waals surface area (Å²) in [6, 6.07) is 16.6. The van der Waals surface area contributed by atoms with E-state index in [1.165, 1.54) is 11.1 Å². The van der Waals surface area contributed by atoms with Crippen LogP contribution in [0.5, 0.6) is 5.75 Å². The Morgan fingerprint density at radius 2 is 1.92 bits per heavy atom. The van der Waals surface area contributed by atoms with E-state index in [4.69, 9.17) is 9.72 Å². The van der Waals surface area contributed by atoms with Crippen LogP contribution in [0.3, 0.4) is 0 Å². The van der Waals surface area contributed by atoms with Crippen LogP contribution in [-0.4, -0.2) is 23.6 Å². The monoisotopic (exact) mass is 346 g/mol.